The smallest absolute Gasteiger partial charge is 0.303 e. The quantitative estimate of drug-likeness (QED) is 0.633. The Balaban J connectivity index is 1.40. The normalized spacial score (nSPS) is 19.8. The van der Waals surface area contributed by atoms with Crippen molar-refractivity contribution < 1.29 is 24.2 Å². The van der Waals surface area contributed by atoms with Crippen LogP contribution in [-0.4, -0.2) is 47.0 Å². The summed E-state index contributed by atoms with van der Waals surface area (Å²) in [6.07, 6.45) is 5.33. The van der Waals surface area contributed by atoms with E-state index in [9.17, 15) is 14.4 Å². The number of likely N-dealkylation sites (tertiary alicyclic amines) is 1. The zero-order valence-corrected chi connectivity index (χ0v) is 16.1. The number of nitrogens with zero attached hydrogens (tertiary/aromatic N) is 1. The largest absolute Gasteiger partial charge is 0.494 e. The highest BCUT2D eigenvalue weighted by Gasteiger charge is 2.38. The average Bonchev–Trinajstić information content (AvgIpc) is 3.33. The maximum Gasteiger partial charge on any atom is 0.303 e. The first-order chi connectivity index (χ1) is 13.5. The molecule has 7 heteroatoms. The van der Waals surface area contributed by atoms with E-state index in [2.05, 4.69) is 5.32 Å². The van der Waals surface area contributed by atoms with Crippen molar-refractivity contribution in [2.75, 3.05) is 13.2 Å². The number of aliphatic carboxylic acids is 1. The van der Waals surface area contributed by atoms with Gasteiger partial charge in [0.25, 0.3) is 0 Å². The first-order valence-corrected chi connectivity index (χ1v) is 10.0. The second-order valence-corrected chi connectivity index (χ2v) is 7.59. The van der Waals surface area contributed by atoms with E-state index in [4.69, 9.17) is 9.84 Å². The molecule has 0 bridgehead atoms. The summed E-state index contributed by atoms with van der Waals surface area (Å²) >= 11 is 0. The molecule has 1 saturated carbocycles. The lowest BCUT2D eigenvalue weighted by molar-refractivity contribution is -0.137. The van der Waals surface area contributed by atoms with Gasteiger partial charge in [-0.15, -0.1) is 0 Å². The zero-order chi connectivity index (χ0) is 19.9. The minimum absolute atomic E-state index is 0.0668. The first kappa shape index (κ1) is 20.2. The fourth-order valence-corrected chi connectivity index (χ4v) is 3.93. The summed E-state index contributed by atoms with van der Waals surface area (Å²) in [5, 5.41) is 11.5. The van der Waals surface area contributed by atoms with E-state index in [1.54, 1.807) is 0 Å². The maximum absolute atomic E-state index is 12.5. The van der Waals surface area contributed by atoms with Gasteiger partial charge >= 0.3 is 5.97 Å². The third-order valence-electron chi connectivity index (χ3n) is 5.49. The summed E-state index contributed by atoms with van der Waals surface area (Å²) in [6.45, 7) is 1.31. The van der Waals surface area contributed by atoms with E-state index in [-0.39, 0.29) is 24.2 Å². The lowest BCUT2D eigenvalue weighted by Gasteiger charge is -2.23. The molecule has 2 aliphatic rings. The van der Waals surface area contributed by atoms with Crippen LogP contribution in [0, 0.1) is 5.92 Å². The Kier molecular flexibility index (Phi) is 6.90. The summed E-state index contributed by atoms with van der Waals surface area (Å²) < 4.78 is 5.50. The fourth-order valence-electron chi connectivity index (χ4n) is 3.93. The molecule has 1 aromatic rings. The molecule has 152 valence electrons. The van der Waals surface area contributed by atoms with Gasteiger partial charge in [-0.2, -0.15) is 0 Å². The van der Waals surface area contributed by atoms with Crippen LogP contribution in [0.3, 0.4) is 0 Å². The second-order valence-electron chi connectivity index (χ2n) is 7.59. The summed E-state index contributed by atoms with van der Waals surface area (Å²) in [5.74, 6) is -0.372. The van der Waals surface area contributed by atoms with Gasteiger partial charge in [0.1, 0.15) is 5.75 Å². The predicted octanol–water partition coefficient (Wildman–Crippen LogP) is 2.34. The van der Waals surface area contributed by atoms with Gasteiger partial charge in [-0.3, -0.25) is 14.4 Å². The Morgan fingerprint density at radius 2 is 1.89 bits per heavy atom. The molecule has 0 spiro atoms. The predicted molar refractivity (Wildman–Crippen MR) is 103 cm³/mol. The van der Waals surface area contributed by atoms with Gasteiger partial charge in [0.15, 0.2) is 0 Å². The number of benzene rings is 1. The Hall–Kier alpha value is -2.57. The van der Waals surface area contributed by atoms with Crippen LogP contribution in [0.4, 0.5) is 0 Å². The number of hydrogen-bond acceptors (Lipinski definition) is 4. The van der Waals surface area contributed by atoms with Crippen molar-refractivity contribution in [1.29, 1.82) is 0 Å². The number of hydrogen-bond donors (Lipinski definition) is 2. The van der Waals surface area contributed by atoms with E-state index in [0.29, 0.717) is 44.3 Å². The topological polar surface area (TPSA) is 95.9 Å². The summed E-state index contributed by atoms with van der Waals surface area (Å²) in [4.78, 5) is 37.1. The van der Waals surface area contributed by atoms with Gasteiger partial charge in [0, 0.05) is 32.0 Å². The average molecular weight is 388 g/mol. The first-order valence-electron chi connectivity index (χ1n) is 10.0. The highest BCUT2D eigenvalue weighted by atomic mass is 16.5. The van der Waals surface area contributed by atoms with Crippen molar-refractivity contribution >= 4 is 17.8 Å². The number of carboxylic acid groups (broad SMARTS) is 1. The Morgan fingerprint density at radius 1 is 1.18 bits per heavy atom. The van der Waals surface area contributed by atoms with Crippen LogP contribution in [-0.2, 0) is 20.9 Å². The van der Waals surface area contributed by atoms with Crippen molar-refractivity contribution in [1.82, 2.24) is 10.2 Å². The lowest BCUT2D eigenvalue weighted by atomic mass is 10.1. The molecule has 1 atom stereocenters. The summed E-state index contributed by atoms with van der Waals surface area (Å²) in [5.41, 5.74) is 0.947. The van der Waals surface area contributed by atoms with Crippen LogP contribution < -0.4 is 10.1 Å². The van der Waals surface area contributed by atoms with Gasteiger partial charge in [-0.1, -0.05) is 25.0 Å². The number of carbonyl (C=O) groups excluding carboxylic acids is 2. The lowest BCUT2D eigenvalue weighted by Crippen LogP contribution is -2.36. The molecule has 1 aliphatic carbocycles. The van der Waals surface area contributed by atoms with E-state index < -0.39 is 5.97 Å². The zero-order valence-electron chi connectivity index (χ0n) is 16.1. The van der Waals surface area contributed by atoms with Gasteiger partial charge < -0.3 is 20.1 Å². The molecule has 2 amide bonds. The van der Waals surface area contributed by atoms with E-state index in [1.165, 1.54) is 12.8 Å². The molecule has 2 fully saturated rings. The molecule has 28 heavy (non-hydrogen) atoms. The maximum atomic E-state index is 12.5. The highest BCUT2D eigenvalue weighted by Crippen LogP contribution is 2.29. The molecule has 0 unspecified atom stereocenters. The summed E-state index contributed by atoms with van der Waals surface area (Å²) in [6, 6.07) is 7.69. The van der Waals surface area contributed by atoms with Crippen LogP contribution in [0.2, 0.25) is 0 Å². The van der Waals surface area contributed by atoms with Crippen molar-refractivity contribution in [3.8, 4) is 5.75 Å². The molecule has 0 radical (unpaired) electrons. The summed E-state index contributed by atoms with van der Waals surface area (Å²) in [7, 11) is 0. The van der Waals surface area contributed by atoms with E-state index in [0.717, 1.165) is 18.4 Å². The minimum atomic E-state index is -0.829. The third-order valence-corrected chi connectivity index (χ3v) is 5.49. The number of carbonyl (C=O) groups is 3. The van der Waals surface area contributed by atoms with Gasteiger partial charge in [0.05, 0.1) is 12.5 Å². The molecule has 3 rings (SSSR count). The van der Waals surface area contributed by atoms with Crippen molar-refractivity contribution in [2.24, 2.45) is 5.92 Å². The van der Waals surface area contributed by atoms with Crippen LogP contribution in [0.5, 0.6) is 5.75 Å². The SMILES string of the molecule is O=C(O)CCCOc1ccc(CNC(=O)[C@@H]2CC(=O)N(C3CCCC3)C2)cc1. The number of rotatable bonds is 9. The molecular formula is C21H28N2O5. The second kappa shape index (κ2) is 9.57. The van der Waals surface area contributed by atoms with Crippen LogP contribution in [0.1, 0.15) is 50.5 Å². The Morgan fingerprint density at radius 3 is 2.57 bits per heavy atom. The molecule has 0 aromatic heterocycles. The van der Waals surface area contributed by atoms with E-state index in [1.807, 2.05) is 29.2 Å². The third kappa shape index (κ3) is 5.47. The number of nitrogens with one attached hydrogen (secondary N) is 1. The fraction of sp³-hybridized carbons (Fsp3) is 0.571. The molecule has 7 nitrogen and oxygen atoms in total. The molecule has 2 N–H and O–H groups in total. The van der Waals surface area contributed by atoms with Crippen LogP contribution >= 0.6 is 0 Å². The van der Waals surface area contributed by atoms with Crippen molar-refractivity contribution in [3.63, 3.8) is 0 Å². The number of ether oxygens (including phenoxy) is 1. The van der Waals surface area contributed by atoms with Gasteiger partial charge in [-0.25, -0.2) is 0 Å². The minimum Gasteiger partial charge on any atom is -0.494 e. The standard InChI is InChI=1S/C21H28N2O5/c24-19-12-16(14-23(19)17-4-1-2-5-17)21(27)22-13-15-7-9-18(10-8-15)28-11-3-6-20(25)26/h7-10,16-17H,1-6,11-14H2,(H,22,27)(H,25,26)/t16-/m1/s1. The van der Waals surface area contributed by atoms with E-state index >= 15 is 0 Å². The monoisotopic (exact) mass is 388 g/mol. The number of amides is 2. The molecule has 1 aromatic carbocycles. The molecule has 1 aliphatic heterocycles. The van der Waals surface area contributed by atoms with Crippen molar-refractivity contribution in [2.45, 2.75) is 57.5 Å². The number of carboxylic acids is 1. The molecular weight excluding hydrogens is 360 g/mol. The van der Waals surface area contributed by atoms with Crippen LogP contribution in [0.25, 0.3) is 0 Å². The van der Waals surface area contributed by atoms with Gasteiger partial charge in [0.2, 0.25) is 11.8 Å². The van der Waals surface area contributed by atoms with Crippen LogP contribution in [0.15, 0.2) is 24.3 Å². The van der Waals surface area contributed by atoms with Gasteiger partial charge in [-0.05, 0) is 37.0 Å². The molecule has 1 saturated heterocycles. The molecule has 1 heterocycles. The highest BCUT2D eigenvalue weighted by molar-refractivity contribution is 5.89. The Bertz CT molecular complexity index is 697. The van der Waals surface area contributed by atoms with Crippen molar-refractivity contribution in [3.05, 3.63) is 29.8 Å². The Labute approximate surface area is 165 Å².